The SMILES string of the molecule is N[C@@H](Cc1ccc(Cl)cc1Cl)C(=O)N[C@@H]1CCNc2ccc(Cc3ccccc3)cc21. The molecule has 4 rings (SSSR count). The highest BCUT2D eigenvalue weighted by Crippen LogP contribution is 2.31. The van der Waals surface area contributed by atoms with E-state index in [0.29, 0.717) is 16.5 Å². The second-order valence-electron chi connectivity index (χ2n) is 7.91. The fourth-order valence-electron chi connectivity index (χ4n) is 3.96. The van der Waals surface area contributed by atoms with Crippen molar-refractivity contribution in [2.75, 3.05) is 11.9 Å². The van der Waals surface area contributed by atoms with Crippen molar-refractivity contribution in [2.24, 2.45) is 5.73 Å². The number of anilines is 1. The van der Waals surface area contributed by atoms with Crippen LogP contribution in [0.4, 0.5) is 5.69 Å². The van der Waals surface area contributed by atoms with Gasteiger partial charge in [-0.15, -0.1) is 0 Å². The van der Waals surface area contributed by atoms with E-state index in [1.165, 1.54) is 11.1 Å². The number of benzene rings is 3. The van der Waals surface area contributed by atoms with Gasteiger partial charge in [0.2, 0.25) is 5.91 Å². The number of nitrogens with two attached hydrogens (primary N) is 1. The minimum absolute atomic E-state index is 0.0776. The number of carbonyl (C=O) groups is 1. The van der Waals surface area contributed by atoms with E-state index < -0.39 is 6.04 Å². The van der Waals surface area contributed by atoms with Crippen molar-refractivity contribution >= 4 is 34.8 Å². The van der Waals surface area contributed by atoms with Gasteiger partial charge in [0.25, 0.3) is 0 Å². The van der Waals surface area contributed by atoms with Crippen LogP contribution < -0.4 is 16.4 Å². The molecule has 160 valence electrons. The average molecular weight is 454 g/mol. The van der Waals surface area contributed by atoms with Crippen LogP contribution >= 0.6 is 23.2 Å². The summed E-state index contributed by atoms with van der Waals surface area (Å²) in [5, 5.41) is 7.65. The molecule has 6 heteroatoms. The summed E-state index contributed by atoms with van der Waals surface area (Å²) in [6.45, 7) is 0.800. The number of nitrogens with one attached hydrogen (secondary N) is 2. The predicted molar refractivity (Wildman–Crippen MR) is 128 cm³/mol. The summed E-state index contributed by atoms with van der Waals surface area (Å²) in [5.41, 5.74) is 11.6. The van der Waals surface area contributed by atoms with Crippen LogP contribution in [-0.4, -0.2) is 18.5 Å². The molecule has 0 saturated carbocycles. The van der Waals surface area contributed by atoms with Crippen LogP contribution in [0.15, 0.2) is 66.7 Å². The number of rotatable bonds is 6. The Morgan fingerprint density at radius 1 is 1.06 bits per heavy atom. The molecular formula is C25H25Cl2N3O. The third-order valence-corrected chi connectivity index (χ3v) is 6.19. The zero-order chi connectivity index (χ0) is 21.8. The zero-order valence-electron chi connectivity index (χ0n) is 17.1. The van der Waals surface area contributed by atoms with E-state index in [4.69, 9.17) is 28.9 Å². The molecule has 4 nitrogen and oxygen atoms in total. The van der Waals surface area contributed by atoms with Crippen molar-refractivity contribution < 1.29 is 4.79 Å². The molecule has 0 radical (unpaired) electrons. The van der Waals surface area contributed by atoms with Gasteiger partial charge in [-0.05, 0) is 59.7 Å². The molecule has 1 aliphatic rings. The molecule has 0 aromatic heterocycles. The number of carbonyl (C=O) groups excluding carboxylic acids is 1. The highest BCUT2D eigenvalue weighted by atomic mass is 35.5. The third-order valence-electron chi connectivity index (χ3n) is 5.60. The lowest BCUT2D eigenvalue weighted by Gasteiger charge is -2.29. The molecule has 1 aliphatic heterocycles. The summed E-state index contributed by atoms with van der Waals surface area (Å²) in [6.07, 6.45) is 2.01. The zero-order valence-corrected chi connectivity index (χ0v) is 18.6. The molecule has 1 heterocycles. The fourth-order valence-corrected chi connectivity index (χ4v) is 4.44. The Morgan fingerprint density at radius 3 is 2.65 bits per heavy atom. The number of halogens is 2. The third kappa shape index (κ3) is 5.40. The molecule has 0 fully saturated rings. The van der Waals surface area contributed by atoms with E-state index >= 15 is 0 Å². The van der Waals surface area contributed by atoms with E-state index in [0.717, 1.165) is 36.2 Å². The normalized spacial score (nSPS) is 16.2. The van der Waals surface area contributed by atoms with Gasteiger partial charge < -0.3 is 16.4 Å². The van der Waals surface area contributed by atoms with Gasteiger partial charge in [0.15, 0.2) is 0 Å². The van der Waals surface area contributed by atoms with Gasteiger partial charge in [-0.25, -0.2) is 0 Å². The average Bonchev–Trinajstić information content (AvgIpc) is 2.76. The minimum atomic E-state index is -0.690. The Morgan fingerprint density at radius 2 is 1.87 bits per heavy atom. The van der Waals surface area contributed by atoms with Crippen LogP contribution in [0.3, 0.4) is 0 Å². The number of fused-ring (bicyclic) bond motifs is 1. The maximum Gasteiger partial charge on any atom is 0.237 e. The highest BCUT2D eigenvalue weighted by Gasteiger charge is 2.25. The van der Waals surface area contributed by atoms with Crippen molar-refractivity contribution in [3.63, 3.8) is 0 Å². The Bertz CT molecular complexity index is 1070. The number of amides is 1. The summed E-state index contributed by atoms with van der Waals surface area (Å²) < 4.78 is 0. The largest absolute Gasteiger partial charge is 0.385 e. The van der Waals surface area contributed by atoms with Crippen molar-refractivity contribution in [1.29, 1.82) is 0 Å². The van der Waals surface area contributed by atoms with E-state index in [9.17, 15) is 4.79 Å². The van der Waals surface area contributed by atoms with Crippen molar-refractivity contribution in [3.05, 3.63) is 99.0 Å². The summed E-state index contributed by atoms with van der Waals surface area (Å²) in [4.78, 5) is 12.9. The molecule has 2 atom stereocenters. The molecular weight excluding hydrogens is 429 g/mol. The maximum absolute atomic E-state index is 12.9. The lowest BCUT2D eigenvalue weighted by molar-refractivity contribution is -0.123. The summed E-state index contributed by atoms with van der Waals surface area (Å²) in [5.74, 6) is -0.183. The molecule has 0 saturated heterocycles. The van der Waals surface area contributed by atoms with E-state index in [-0.39, 0.29) is 11.9 Å². The first kappa shape index (κ1) is 21.7. The van der Waals surface area contributed by atoms with Gasteiger partial charge in [-0.3, -0.25) is 4.79 Å². The minimum Gasteiger partial charge on any atom is -0.385 e. The standard InChI is InChI=1S/C25H25Cl2N3O/c26-19-8-7-18(21(27)15-19)14-22(28)25(31)30-24-10-11-29-23-9-6-17(13-20(23)24)12-16-4-2-1-3-5-16/h1-9,13,15,22,24,29H,10-12,14,28H2,(H,30,31)/t22-,24+/m0/s1. The lowest BCUT2D eigenvalue weighted by atomic mass is 9.93. The van der Waals surface area contributed by atoms with E-state index in [2.05, 4.69) is 41.0 Å². The Labute approximate surface area is 192 Å². The Kier molecular flexibility index (Phi) is 6.81. The molecule has 1 amide bonds. The van der Waals surface area contributed by atoms with Crippen LogP contribution in [0.1, 0.15) is 34.7 Å². The van der Waals surface area contributed by atoms with Crippen molar-refractivity contribution in [3.8, 4) is 0 Å². The topological polar surface area (TPSA) is 67.2 Å². The summed E-state index contributed by atoms with van der Waals surface area (Å²) >= 11 is 12.2. The van der Waals surface area contributed by atoms with Crippen LogP contribution in [-0.2, 0) is 17.6 Å². The van der Waals surface area contributed by atoms with E-state index in [1.807, 2.05) is 24.3 Å². The van der Waals surface area contributed by atoms with Gasteiger partial charge in [0.05, 0.1) is 12.1 Å². The Hall–Kier alpha value is -2.53. The highest BCUT2D eigenvalue weighted by molar-refractivity contribution is 6.35. The molecule has 0 aliphatic carbocycles. The fraction of sp³-hybridized carbons (Fsp3) is 0.240. The van der Waals surface area contributed by atoms with Gasteiger partial charge in [-0.2, -0.15) is 0 Å². The lowest BCUT2D eigenvalue weighted by Crippen LogP contribution is -2.44. The quantitative estimate of drug-likeness (QED) is 0.484. The Balaban J connectivity index is 1.46. The summed E-state index contributed by atoms with van der Waals surface area (Å²) in [6, 6.07) is 21.2. The monoisotopic (exact) mass is 453 g/mol. The second-order valence-corrected chi connectivity index (χ2v) is 8.75. The second kappa shape index (κ2) is 9.73. The number of hydrogen-bond donors (Lipinski definition) is 3. The van der Waals surface area contributed by atoms with Gasteiger partial charge >= 0.3 is 0 Å². The molecule has 3 aromatic rings. The summed E-state index contributed by atoms with van der Waals surface area (Å²) in [7, 11) is 0. The number of hydrogen-bond acceptors (Lipinski definition) is 3. The van der Waals surface area contributed by atoms with Crippen LogP contribution in [0.5, 0.6) is 0 Å². The molecule has 3 aromatic carbocycles. The molecule has 4 N–H and O–H groups in total. The van der Waals surface area contributed by atoms with Crippen molar-refractivity contribution in [1.82, 2.24) is 5.32 Å². The maximum atomic E-state index is 12.9. The van der Waals surface area contributed by atoms with Crippen LogP contribution in [0, 0.1) is 0 Å². The van der Waals surface area contributed by atoms with Gasteiger partial charge in [-0.1, -0.05) is 71.7 Å². The molecule has 31 heavy (non-hydrogen) atoms. The van der Waals surface area contributed by atoms with Gasteiger partial charge in [0, 0.05) is 22.3 Å². The smallest absolute Gasteiger partial charge is 0.237 e. The molecule has 0 spiro atoms. The van der Waals surface area contributed by atoms with E-state index in [1.54, 1.807) is 12.1 Å². The first-order chi connectivity index (χ1) is 15.0. The first-order valence-corrected chi connectivity index (χ1v) is 11.2. The first-order valence-electron chi connectivity index (χ1n) is 10.4. The van der Waals surface area contributed by atoms with Crippen molar-refractivity contribution in [2.45, 2.75) is 31.3 Å². The van der Waals surface area contributed by atoms with Crippen LogP contribution in [0.2, 0.25) is 10.0 Å². The molecule has 0 bridgehead atoms. The molecule has 0 unspecified atom stereocenters. The van der Waals surface area contributed by atoms with Crippen LogP contribution in [0.25, 0.3) is 0 Å². The predicted octanol–water partition coefficient (Wildman–Crippen LogP) is 5.13. The van der Waals surface area contributed by atoms with Gasteiger partial charge in [0.1, 0.15) is 0 Å².